The lowest BCUT2D eigenvalue weighted by atomic mass is 10.2. The number of halogens is 1. The molecule has 0 fully saturated rings. The van der Waals surface area contributed by atoms with Gasteiger partial charge in [-0.3, -0.25) is 4.79 Å². The molecule has 6 heteroatoms. The Balaban J connectivity index is 2.05. The van der Waals surface area contributed by atoms with E-state index in [0.29, 0.717) is 32.3 Å². The van der Waals surface area contributed by atoms with Gasteiger partial charge < -0.3 is 9.15 Å². The summed E-state index contributed by atoms with van der Waals surface area (Å²) in [5, 5.41) is 1.27. The normalized spacial score (nSPS) is 10.6. The molecule has 0 bridgehead atoms. The molecular formula is C16H10ClNO3S. The number of rotatable bonds is 2. The third-order valence-electron chi connectivity index (χ3n) is 2.95. The van der Waals surface area contributed by atoms with E-state index < -0.39 is 0 Å². The molecule has 22 heavy (non-hydrogen) atoms. The minimum Gasteiger partial charge on any atom is -0.427 e. The number of carbonyl (C=O) groups is 1. The SMILES string of the molecule is CC(=O)Oc1ccc(-c2nc3ccc(Cl)cc3c(=S)o2)cc1. The Morgan fingerprint density at radius 2 is 1.95 bits per heavy atom. The van der Waals surface area contributed by atoms with Gasteiger partial charge in [-0.25, -0.2) is 4.98 Å². The zero-order valence-corrected chi connectivity index (χ0v) is 13.1. The molecule has 0 unspecified atom stereocenters. The van der Waals surface area contributed by atoms with Crippen molar-refractivity contribution >= 4 is 40.7 Å². The van der Waals surface area contributed by atoms with Gasteiger partial charge >= 0.3 is 5.97 Å². The molecule has 0 saturated carbocycles. The lowest BCUT2D eigenvalue weighted by molar-refractivity contribution is -0.131. The molecule has 1 aromatic heterocycles. The van der Waals surface area contributed by atoms with Crippen LogP contribution in [0.4, 0.5) is 0 Å². The highest BCUT2D eigenvalue weighted by Crippen LogP contribution is 2.26. The molecule has 0 amide bonds. The highest BCUT2D eigenvalue weighted by atomic mass is 35.5. The maximum absolute atomic E-state index is 10.9. The summed E-state index contributed by atoms with van der Waals surface area (Å²) in [6.45, 7) is 1.35. The summed E-state index contributed by atoms with van der Waals surface area (Å²) in [5.74, 6) is 0.489. The molecule has 0 saturated heterocycles. The molecule has 2 aromatic carbocycles. The van der Waals surface area contributed by atoms with Crippen molar-refractivity contribution < 1.29 is 13.9 Å². The molecular weight excluding hydrogens is 322 g/mol. The lowest BCUT2D eigenvalue weighted by Crippen LogP contribution is -2.00. The average molecular weight is 332 g/mol. The third-order valence-corrected chi connectivity index (χ3v) is 3.49. The molecule has 3 aromatic rings. The van der Waals surface area contributed by atoms with E-state index in [2.05, 4.69) is 4.98 Å². The van der Waals surface area contributed by atoms with E-state index >= 15 is 0 Å². The van der Waals surface area contributed by atoms with E-state index in [9.17, 15) is 4.79 Å². The number of aromatic nitrogens is 1. The quantitative estimate of drug-likeness (QED) is 0.383. The van der Waals surface area contributed by atoms with Crippen molar-refractivity contribution in [2.45, 2.75) is 6.92 Å². The zero-order chi connectivity index (χ0) is 15.7. The van der Waals surface area contributed by atoms with E-state index in [-0.39, 0.29) is 5.97 Å². The third kappa shape index (κ3) is 3.00. The van der Waals surface area contributed by atoms with Gasteiger partial charge in [0.25, 0.3) is 0 Å². The monoisotopic (exact) mass is 331 g/mol. The second-order valence-electron chi connectivity index (χ2n) is 4.59. The Morgan fingerprint density at radius 1 is 1.23 bits per heavy atom. The van der Waals surface area contributed by atoms with Crippen LogP contribution in [0.15, 0.2) is 46.9 Å². The Hall–Kier alpha value is -2.24. The number of esters is 1. The summed E-state index contributed by atoms with van der Waals surface area (Å²) in [6, 6.07) is 12.1. The number of ether oxygens (including phenoxy) is 1. The van der Waals surface area contributed by atoms with Gasteiger partial charge in [-0.05, 0) is 54.7 Å². The second kappa shape index (κ2) is 5.87. The Bertz CT molecular complexity index is 919. The van der Waals surface area contributed by atoms with Crippen LogP contribution in [0.3, 0.4) is 0 Å². The molecule has 110 valence electrons. The van der Waals surface area contributed by atoms with Crippen LogP contribution in [0.25, 0.3) is 22.4 Å². The smallest absolute Gasteiger partial charge is 0.308 e. The van der Waals surface area contributed by atoms with Crippen LogP contribution in [0.1, 0.15) is 6.92 Å². The maximum atomic E-state index is 10.9. The van der Waals surface area contributed by atoms with Crippen LogP contribution in [-0.4, -0.2) is 11.0 Å². The van der Waals surface area contributed by atoms with Crippen LogP contribution in [-0.2, 0) is 4.79 Å². The molecule has 0 spiro atoms. The second-order valence-corrected chi connectivity index (χ2v) is 5.39. The summed E-state index contributed by atoms with van der Waals surface area (Å²) >= 11 is 11.2. The predicted octanol–water partition coefficient (Wildman–Crippen LogP) is 4.80. The molecule has 0 aliphatic rings. The summed E-state index contributed by atoms with van der Waals surface area (Å²) in [7, 11) is 0. The van der Waals surface area contributed by atoms with Gasteiger partial charge in [0, 0.05) is 17.5 Å². The summed E-state index contributed by atoms with van der Waals surface area (Å²) in [4.78, 5) is 15.3. The van der Waals surface area contributed by atoms with Crippen LogP contribution in [0.5, 0.6) is 5.75 Å². The highest BCUT2D eigenvalue weighted by molar-refractivity contribution is 7.71. The minimum absolute atomic E-state index is 0.326. The van der Waals surface area contributed by atoms with Gasteiger partial charge in [-0.1, -0.05) is 11.6 Å². The fourth-order valence-corrected chi connectivity index (χ4v) is 2.41. The molecule has 0 radical (unpaired) electrons. The Morgan fingerprint density at radius 3 is 2.64 bits per heavy atom. The van der Waals surface area contributed by atoms with Crippen molar-refractivity contribution in [1.29, 1.82) is 0 Å². The average Bonchev–Trinajstić information content (AvgIpc) is 2.48. The van der Waals surface area contributed by atoms with Crippen molar-refractivity contribution in [2.75, 3.05) is 0 Å². The highest BCUT2D eigenvalue weighted by Gasteiger charge is 2.08. The topological polar surface area (TPSA) is 52.3 Å². The van der Waals surface area contributed by atoms with Gasteiger partial charge in [0.05, 0.1) is 10.9 Å². The number of carbonyl (C=O) groups excluding carboxylic acids is 1. The zero-order valence-electron chi connectivity index (χ0n) is 11.5. The van der Waals surface area contributed by atoms with Crippen LogP contribution < -0.4 is 4.74 Å². The van der Waals surface area contributed by atoms with Crippen molar-refractivity contribution in [3.05, 3.63) is 52.2 Å². The number of fused-ring (bicyclic) bond motifs is 1. The lowest BCUT2D eigenvalue weighted by Gasteiger charge is -2.05. The number of hydrogen-bond acceptors (Lipinski definition) is 5. The molecule has 4 nitrogen and oxygen atoms in total. The van der Waals surface area contributed by atoms with E-state index in [4.69, 9.17) is 33.0 Å². The van der Waals surface area contributed by atoms with Gasteiger partial charge in [0.15, 0.2) is 0 Å². The maximum Gasteiger partial charge on any atom is 0.308 e. The summed E-state index contributed by atoms with van der Waals surface area (Å²) < 4.78 is 10.9. The molecule has 1 heterocycles. The first-order valence-corrected chi connectivity index (χ1v) is 7.21. The van der Waals surface area contributed by atoms with Crippen LogP contribution >= 0.6 is 23.8 Å². The first-order valence-electron chi connectivity index (χ1n) is 6.42. The van der Waals surface area contributed by atoms with Crippen LogP contribution in [0.2, 0.25) is 5.02 Å². The van der Waals surface area contributed by atoms with Crippen LogP contribution in [0, 0.1) is 4.71 Å². The fraction of sp³-hybridized carbons (Fsp3) is 0.0625. The van der Waals surface area contributed by atoms with Crippen molar-refractivity contribution in [3.8, 4) is 17.2 Å². The van der Waals surface area contributed by atoms with Crippen molar-refractivity contribution in [3.63, 3.8) is 0 Å². The van der Waals surface area contributed by atoms with E-state index in [0.717, 1.165) is 5.56 Å². The van der Waals surface area contributed by atoms with Gasteiger partial charge in [0.1, 0.15) is 5.75 Å². The summed E-state index contributed by atoms with van der Waals surface area (Å²) in [5.41, 5.74) is 1.44. The number of benzene rings is 2. The van der Waals surface area contributed by atoms with Crippen molar-refractivity contribution in [1.82, 2.24) is 4.98 Å². The fourth-order valence-electron chi connectivity index (χ4n) is 2.00. The minimum atomic E-state index is -0.369. The van der Waals surface area contributed by atoms with E-state index in [1.54, 1.807) is 42.5 Å². The molecule has 0 N–H and O–H groups in total. The first kappa shape index (κ1) is 14.7. The predicted molar refractivity (Wildman–Crippen MR) is 86.6 cm³/mol. The van der Waals surface area contributed by atoms with Gasteiger partial charge in [-0.15, -0.1) is 0 Å². The first-order chi connectivity index (χ1) is 10.5. The van der Waals surface area contributed by atoms with Gasteiger partial charge in [-0.2, -0.15) is 0 Å². The Labute approximate surface area is 136 Å². The van der Waals surface area contributed by atoms with E-state index in [1.807, 2.05) is 0 Å². The molecule has 3 rings (SSSR count). The van der Waals surface area contributed by atoms with Gasteiger partial charge in [0.2, 0.25) is 10.6 Å². The van der Waals surface area contributed by atoms with E-state index in [1.165, 1.54) is 6.92 Å². The largest absolute Gasteiger partial charge is 0.427 e. The Kier molecular flexibility index (Phi) is 3.92. The molecule has 0 atom stereocenters. The summed E-state index contributed by atoms with van der Waals surface area (Å²) in [6.07, 6.45) is 0. The molecule has 0 aliphatic heterocycles. The molecule has 0 aliphatic carbocycles. The number of hydrogen-bond donors (Lipinski definition) is 0. The van der Waals surface area contributed by atoms with Crippen molar-refractivity contribution in [2.24, 2.45) is 0 Å². The number of nitrogens with zero attached hydrogens (tertiary/aromatic N) is 1. The standard InChI is InChI=1S/C16H10ClNO3S/c1-9(19)20-12-5-2-10(3-6-12)15-18-14-7-4-11(17)8-13(14)16(22)21-15/h2-8H,1H3.